The van der Waals surface area contributed by atoms with E-state index in [2.05, 4.69) is 20.3 Å². The summed E-state index contributed by atoms with van der Waals surface area (Å²) in [6.07, 6.45) is 0. The van der Waals surface area contributed by atoms with Gasteiger partial charge in [0.15, 0.2) is 0 Å². The Morgan fingerprint density at radius 3 is 2.58 bits per heavy atom. The van der Waals surface area contributed by atoms with Crippen molar-refractivity contribution in [2.24, 2.45) is 4.99 Å². The molecule has 2 aromatic carbocycles. The molecule has 15 heteroatoms. The number of rotatable bonds is 11. The molecule has 0 radical (unpaired) electrons. The summed E-state index contributed by atoms with van der Waals surface area (Å²) in [4.78, 5) is 51.4. The van der Waals surface area contributed by atoms with Gasteiger partial charge in [0.1, 0.15) is 35.0 Å². The van der Waals surface area contributed by atoms with Crippen molar-refractivity contribution in [3.63, 3.8) is 0 Å². The summed E-state index contributed by atoms with van der Waals surface area (Å²) in [6.45, 7) is 7.65. The third kappa shape index (κ3) is 8.20. The molecule has 3 aromatic rings. The maximum absolute atomic E-state index is 13.0. The Kier molecular flexibility index (Phi) is 9.77. The number of aliphatic imine (C=N–C) groups is 1. The second-order valence-corrected chi connectivity index (χ2v) is 10.6. The van der Waals surface area contributed by atoms with Gasteiger partial charge in [0.2, 0.25) is 5.82 Å². The van der Waals surface area contributed by atoms with Crippen molar-refractivity contribution in [1.29, 1.82) is 5.26 Å². The van der Waals surface area contributed by atoms with Crippen LogP contribution in [0.3, 0.4) is 0 Å². The van der Waals surface area contributed by atoms with Crippen LogP contribution in [0.1, 0.15) is 49.2 Å². The van der Waals surface area contributed by atoms with E-state index < -0.39 is 46.4 Å². The third-order valence-corrected chi connectivity index (χ3v) is 6.02. The topological polar surface area (TPSA) is 191 Å². The highest BCUT2D eigenvalue weighted by Gasteiger charge is 2.30. The molecule has 0 saturated heterocycles. The number of carbonyl (C=O) groups is 2. The Bertz CT molecular complexity index is 1690. The number of hydrogen-bond acceptors (Lipinski definition) is 14. The summed E-state index contributed by atoms with van der Waals surface area (Å²) in [7, 11) is 1.91. The number of benzene rings is 2. The molecule has 1 aliphatic rings. The van der Waals surface area contributed by atoms with E-state index in [9.17, 15) is 25.0 Å². The van der Waals surface area contributed by atoms with Crippen LogP contribution in [-0.2, 0) is 14.3 Å². The number of aromatic nitrogens is 2. The quantitative estimate of drug-likeness (QED) is 0.180. The molecule has 0 unspecified atom stereocenters. The van der Waals surface area contributed by atoms with Crippen LogP contribution >= 0.6 is 0 Å². The zero-order chi connectivity index (χ0) is 32.7. The lowest BCUT2D eigenvalue weighted by Gasteiger charge is -2.20. The molecule has 1 aromatic heterocycles. The van der Waals surface area contributed by atoms with Gasteiger partial charge in [0, 0.05) is 19.2 Å². The van der Waals surface area contributed by atoms with E-state index >= 15 is 0 Å². The van der Waals surface area contributed by atoms with E-state index in [1.165, 1.54) is 18.2 Å². The first-order valence-electron chi connectivity index (χ1n) is 13.8. The molecular formula is C30H31N7O8. The standard InChI is InChI=1S/C30H31N7O8/c1-6-42-23(38)17-33-25-24(37(40)41)27(44-22-14-18(16-31)10-11-21(22)28(39)45-30(2,3)4)35-29(34-25)43-20-9-7-8-19(15-20)26-32-12-13-36(26)5/h7-11,14-15H,6,12-13,17H2,1-5H3,(H,33,34,35). The van der Waals surface area contributed by atoms with Gasteiger partial charge in [-0.15, -0.1) is 0 Å². The zero-order valence-electron chi connectivity index (χ0n) is 25.3. The number of amidine groups is 1. The van der Waals surface area contributed by atoms with E-state index in [1.54, 1.807) is 45.9 Å². The van der Waals surface area contributed by atoms with Crippen molar-refractivity contribution in [2.75, 3.05) is 38.6 Å². The molecule has 1 aliphatic heterocycles. The zero-order valence-corrected chi connectivity index (χ0v) is 25.3. The van der Waals surface area contributed by atoms with Crippen LogP contribution in [0.15, 0.2) is 47.5 Å². The van der Waals surface area contributed by atoms with Gasteiger partial charge in [-0.1, -0.05) is 12.1 Å². The number of hydrogen-bond donors (Lipinski definition) is 1. The highest BCUT2D eigenvalue weighted by Crippen LogP contribution is 2.39. The SMILES string of the molecule is CCOC(=O)CNc1nc(Oc2cccc(C3=NCCN3C)c2)nc(Oc2cc(C#N)ccc2C(=O)OC(C)(C)C)c1[N+](=O)[O-]. The summed E-state index contributed by atoms with van der Waals surface area (Å²) >= 11 is 0. The summed E-state index contributed by atoms with van der Waals surface area (Å²) in [5, 5.41) is 24.4. The maximum Gasteiger partial charge on any atom is 0.373 e. The summed E-state index contributed by atoms with van der Waals surface area (Å²) < 4.78 is 22.2. The van der Waals surface area contributed by atoms with E-state index in [-0.39, 0.29) is 35.2 Å². The van der Waals surface area contributed by atoms with Crippen molar-refractivity contribution >= 4 is 29.3 Å². The number of esters is 2. The van der Waals surface area contributed by atoms with Gasteiger partial charge < -0.3 is 29.2 Å². The molecule has 1 N–H and O–H groups in total. The summed E-state index contributed by atoms with van der Waals surface area (Å²) in [5.41, 5.74) is -0.888. The van der Waals surface area contributed by atoms with E-state index in [0.29, 0.717) is 6.54 Å². The van der Waals surface area contributed by atoms with Gasteiger partial charge in [-0.25, -0.2) is 4.79 Å². The smallest absolute Gasteiger partial charge is 0.373 e. The molecule has 4 rings (SSSR count). The maximum atomic E-state index is 13.0. The number of anilines is 1. The van der Waals surface area contributed by atoms with Crippen LogP contribution < -0.4 is 14.8 Å². The Morgan fingerprint density at radius 1 is 1.16 bits per heavy atom. The fourth-order valence-corrected chi connectivity index (χ4v) is 4.12. The molecule has 0 fully saturated rings. The molecule has 0 aliphatic carbocycles. The highest BCUT2D eigenvalue weighted by molar-refractivity contribution is 6.00. The van der Waals surface area contributed by atoms with Crippen molar-refractivity contribution in [3.8, 4) is 29.5 Å². The number of nitro groups is 1. The minimum Gasteiger partial charge on any atom is -0.465 e. The predicted octanol–water partition coefficient (Wildman–Crippen LogP) is 4.46. The van der Waals surface area contributed by atoms with Crippen LogP contribution in [-0.4, -0.2) is 76.5 Å². The number of nitrogens with zero attached hydrogens (tertiary/aromatic N) is 6. The Hall–Kier alpha value is -5.78. The van der Waals surface area contributed by atoms with Gasteiger partial charge in [0.25, 0.3) is 0 Å². The highest BCUT2D eigenvalue weighted by atomic mass is 16.6. The lowest BCUT2D eigenvalue weighted by molar-refractivity contribution is -0.385. The van der Waals surface area contributed by atoms with E-state index in [4.69, 9.17) is 18.9 Å². The third-order valence-electron chi connectivity index (χ3n) is 6.02. The molecule has 0 atom stereocenters. The van der Waals surface area contributed by atoms with E-state index in [1.807, 2.05) is 24.1 Å². The van der Waals surface area contributed by atoms with Crippen molar-refractivity contribution < 1.29 is 33.5 Å². The van der Waals surface area contributed by atoms with Gasteiger partial charge in [-0.05, 0) is 58.0 Å². The average molecular weight is 618 g/mol. The summed E-state index contributed by atoms with van der Waals surface area (Å²) in [5.74, 6) is -1.74. The number of nitrogens with one attached hydrogen (secondary N) is 1. The van der Waals surface area contributed by atoms with E-state index in [0.717, 1.165) is 17.9 Å². The van der Waals surface area contributed by atoms with Gasteiger partial charge in [0.05, 0.1) is 29.7 Å². The van der Waals surface area contributed by atoms with Crippen molar-refractivity contribution in [2.45, 2.75) is 33.3 Å². The van der Waals surface area contributed by atoms with Gasteiger partial charge >= 0.3 is 29.5 Å². The van der Waals surface area contributed by atoms with Crippen molar-refractivity contribution in [1.82, 2.24) is 14.9 Å². The number of likely N-dealkylation sites (N-methyl/N-ethyl adjacent to an activating group) is 1. The first-order valence-corrected chi connectivity index (χ1v) is 13.8. The minimum atomic E-state index is -0.873. The van der Waals surface area contributed by atoms with Crippen LogP contribution in [0.5, 0.6) is 23.4 Å². The van der Waals surface area contributed by atoms with Crippen LogP contribution in [0.4, 0.5) is 11.5 Å². The molecule has 0 saturated carbocycles. The molecule has 45 heavy (non-hydrogen) atoms. The fourth-order valence-electron chi connectivity index (χ4n) is 4.12. The normalized spacial score (nSPS) is 12.5. The molecule has 234 valence electrons. The number of carbonyl (C=O) groups excluding carboxylic acids is 2. The van der Waals surface area contributed by atoms with Crippen LogP contribution in [0.2, 0.25) is 0 Å². The van der Waals surface area contributed by atoms with Crippen molar-refractivity contribution in [3.05, 3.63) is 69.3 Å². The number of nitriles is 1. The average Bonchev–Trinajstić information content (AvgIpc) is 3.40. The van der Waals surface area contributed by atoms with Gasteiger partial charge in [-0.2, -0.15) is 15.2 Å². The Labute approximate surface area is 258 Å². The van der Waals surface area contributed by atoms with Crippen LogP contribution in [0, 0.1) is 21.4 Å². The monoisotopic (exact) mass is 617 g/mol. The molecule has 15 nitrogen and oxygen atoms in total. The number of ether oxygens (including phenoxy) is 4. The first kappa shape index (κ1) is 32.1. The molecule has 0 spiro atoms. The minimum absolute atomic E-state index is 0.0919. The molecular weight excluding hydrogens is 586 g/mol. The lowest BCUT2D eigenvalue weighted by atomic mass is 10.1. The Balaban J connectivity index is 1.80. The second-order valence-electron chi connectivity index (χ2n) is 10.6. The predicted molar refractivity (Wildman–Crippen MR) is 161 cm³/mol. The lowest BCUT2D eigenvalue weighted by Crippen LogP contribution is -2.24. The molecule has 2 heterocycles. The fraction of sp³-hybridized carbons (Fsp3) is 0.333. The largest absolute Gasteiger partial charge is 0.465 e. The van der Waals surface area contributed by atoms with Crippen LogP contribution in [0.25, 0.3) is 0 Å². The second kappa shape index (κ2) is 13.7. The molecule has 0 amide bonds. The summed E-state index contributed by atoms with van der Waals surface area (Å²) in [6, 6.07) is 12.4. The van der Waals surface area contributed by atoms with Gasteiger partial charge in [-0.3, -0.25) is 19.9 Å². The first-order chi connectivity index (χ1) is 21.4. The Morgan fingerprint density at radius 2 is 1.93 bits per heavy atom. The molecule has 0 bridgehead atoms.